The van der Waals surface area contributed by atoms with E-state index >= 15 is 0 Å². The van der Waals surface area contributed by atoms with Crippen LogP contribution in [-0.2, 0) is 11.3 Å². The zero-order valence-corrected chi connectivity index (χ0v) is 12.3. The highest BCUT2D eigenvalue weighted by molar-refractivity contribution is 9.10. The molecule has 1 aromatic rings. The number of rotatable bonds is 4. The molecule has 1 heterocycles. The lowest BCUT2D eigenvalue weighted by molar-refractivity contribution is -0.144. The predicted molar refractivity (Wildman–Crippen MR) is 75.4 cm³/mol. The summed E-state index contributed by atoms with van der Waals surface area (Å²) in [6.45, 7) is 2.57. The van der Waals surface area contributed by atoms with Gasteiger partial charge in [0.15, 0.2) is 0 Å². The molecular weight excluding hydrogens is 312 g/mol. The Hall–Kier alpha value is -1.11. The van der Waals surface area contributed by atoms with Crippen LogP contribution in [-0.4, -0.2) is 48.8 Å². The van der Waals surface area contributed by atoms with Crippen LogP contribution in [0.5, 0.6) is 5.75 Å². The molecule has 1 aliphatic rings. The Morgan fingerprint density at radius 2 is 2.42 bits per heavy atom. The molecule has 0 aliphatic carbocycles. The van der Waals surface area contributed by atoms with E-state index in [4.69, 9.17) is 4.74 Å². The van der Waals surface area contributed by atoms with Crippen LogP contribution < -0.4 is 10.1 Å². The molecule has 1 fully saturated rings. The number of hydrogen-bond acceptors (Lipinski definition) is 4. The molecule has 5 nitrogen and oxygen atoms in total. The van der Waals surface area contributed by atoms with Crippen LogP contribution in [0.25, 0.3) is 0 Å². The number of hydrogen-bond donors (Lipinski definition) is 2. The first kappa shape index (κ1) is 14.3. The quantitative estimate of drug-likeness (QED) is 0.872. The molecule has 1 aliphatic heterocycles. The van der Waals surface area contributed by atoms with Gasteiger partial charge in [0.25, 0.3) is 0 Å². The number of carbonyl (C=O) groups is 1. The second-order valence-corrected chi connectivity index (χ2v) is 5.40. The number of ether oxygens (including phenoxy) is 1. The minimum absolute atomic E-state index is 0.478. The number of benzene rings is 1. The molecule has 0 bridgehead atoms. The van der Waals surface area contributed by atoms with Gasteiger partial charge in [0, 0.05) is 36.2 Å². The van der Waals surface area contributed by atoms with Crippen molar-refractivity contribution in [2.24, 2.45) is 0 Å². The molecule has 6 heteroatoms. The third-order valence-electron chi connectivity index (χ3n) is 3.26. The Kier molecular flexibility index (Phi) is 4.79. The van der Waals surface area contributed by atoms with E-state index in [1.54, 1.807) is 7.11 Å². The molecule has 2 N–H and O–H groups in total. The fourth-order valence-electron chi connectivity index (χ4n) is 2.27. The summed E-state index contributed by atoms with van der Waals surface area (Å²) in [5.74, 6) is -0.00737. The van der Waals surface area contributed by atoms with Crippen LogP contribution in [0.1, 0.15) is 5.56 Å². The normalized spacial score (nSPS) is 20.2. The van der Waals surface area contributed by atoms with E-state index in [2.05, 4.69) is 21.2 Å². The summed E-state index contributed by atoms with van der Waals surface area (Å²) in [7, 11) is 1.62. The van der Waals surface area contributed by atoms with Crippen molar-refractivity contribution in [1.82, 2.24) is 10.2 Å². The van der Waals surface area contributed by atoms with Gasteiger partial charge in [0.2, 0.25) is 0 Å². The second kappa shape index (κ2) is 6.36. The van der Waals surface area contributed by atoms with Crippen molar-refractivity contribution in [2.45, 2.75) is 12.6 Å². The van der Waals surface area contributed by atoms with Gasteiger partial charge < -0.3 is 15.2 Å². The minimum Gasteiger partial charge on any atom is -0.496 e. The monoisotopic (exact) mass is 328 g/mol. The van der Waals surface area contributed by atoms with Crippen molar-refractivity contribution in [2.75, 3.05) is 26.7 Å². The van der Waals surface area contributed by atoms with Gasteiger partial charge in [-0.05, 0) is 18.2 Å². The predicted octanol–water partition coefficient (Wildman–Crippen LogP) is 1.32. The van der Waals surface area contributed by atoms with E-state index in [0.717, 1.165) is 22.3 Å². The zero-order chi connectivity index (χ0) is 13.8. The van der Waals surface area contributed by atoms with Crippen LogP contribution in [0.2, 0.25) is 0 Å². The first-order valence-electron chi connectivity index (χ1n) is 6.12. The summed E-state index contributed by atoms with van der Waals surface area (Å²) in [6.07, 6.45) is 0. The molecule has 0 radical (unpaired) electrons. The molecule has 0 amide bonds. The molecule has 1 saturated heterocycles. The number of halogens is 1. The number of nitrogens with zero attached hydrogens (tertiary/aromatic N) is 1. The van der Waals surface area contributed by atoms with Gasteiger partial charge in [0.1, 0.15) is 11.8 Å². The molecule has 104 valence electrons. The summed E-state index contributed by atoms with van der Waals surface area (Å²) in [4.78, 5) is 13.2. The topological polar surface area (TPSA) is 61.8 Å². The zero-order valence-electron chi connectivity index (χ0n) is 10.7. The Bertz CT molecular complexity index is 467. The minimum atomic E-state index is -0.791. The van der Waals surface area contributed by atoms with Crippen LogP contribution >= 0.6 is 15.9 Å². The number of carboxylic acid groups (broad SMARTS) is 1. The molecule has 2 rings (SSSR count). The number of carboxylic acids is 1. The highest BCUT2D eigenvalue weighted by Gasteiger charge is 2.28. The average Bonchev–Trinajstić information content (AvgIpc) is 2.39. The summed E-state index contributed by atoms with van der Waals surface area (Å²) in [5, 5.41) is 12.4. The molecule has 0 saturated carbocycles. The van der Waals surface area contributed by atoms with Gasteiger partial charge in [-0.3, -0.25) is 9.69 Å². The molecule has 0 aromatic heterocycles. The summed E-state index contributed by atoms with van der Waals surface area (Å²) >= 11 is 3.43. The standard InChI is InChI=1S/C13H17BrN2O3/c1-19-12-3-2-10(14)6-9(12)8-16-5-4-15-7-11(16)13(17)18/h2-3,6,11,15H,4-5,7-8H2,1H3,(H,17,18). The molecule has 19 heavy (non-hydrogen) atoms. The smallest absolute Gasteiger partial charge is 0.322 e. The van der Waals surface area contributed by atoms with Crippen molar-refractivity contribution in [1.29, 1.82) is 0 Å². The number of aliphatic carboxylic acids is 1. The third-order valence-corrected chi connectivity index (χ3v) is 3.75. The summed E-state index contributed by atoms with van der Waals surface area (Å²) in [6, 6.07) is 5.28. The van der Waals surface area contributed by atoms with Crippen molar-refractivity contribution in [3.05, 3.63) is 28.2 Å². The van der Waals surface area contributed by atoms with Gasteiger partial charge in [-0.25, -0.2) is 0 Å². The lowest BCUT2D eigenvalue weighted by Crippen LogP contribution is -2.54. The van der Waals surface area contributed by atoms with E-state index in [1.807, 2.05) is 23.1 Å². The van der Waals surface area contributed by atoms with Crippen molar-refractivity contribution >= 4 is 21.9 Å². The van der Waals surface area contributed by atoms with Crippen LogP contribution in [0, 0.1) is 0 Å². The summed E-state index contributed by atoms with van der Waals surface area (Å²) in [5.41, 5.74) is 0.991. The highest BCUT2D eigenvalue weighted by atomic mass is 79.9. The number of piperazine rings is 1. The fourth-order valence-corrected chi connectivity index (χ4v) is 2.68. The Morgan fingerprint density at radius 1 is 1.63 bits per heavy atom. The van der Waals surface area contributed by atoms with Gasteiger partial charge in [-0.2, -0.15) is 0 Å². The van der Waals surface area contributed by atoms with Gasteiger partial charge in [-0.15, -0.1) is 0 Å². The molecule has 1 aromatic carbocycles. The van der Waals surface area contributed by atoms with Crippen LogP contribution in [0.3, 0.4) is 0 Å². The van der Waals surface area contributed by atoms with Gasteiger partial charge >= 0.3 is 5.97 Å². The van der Waals surface area contributed by atoms with E-state index < -0.39 is 12.0 Å². The Balaban J connectivity index is 2.18. The highest BCUT2D eigenvalue weighted by Crippen LogP contribution is 2.25. The largest absolute Gasteiger partial charge is 0.496 e. The lowest BCUT2D eigenvalue weighted by atomic mass is 10.1. The number of methoxy groups -OCH3 is 1. The molecule has 1 atom stereocenters. The lowest BCUT2D eigenvalue weighted by Gasteiger charge is -2.33. The first-order chi connectivity index (χ1) is 9.11. The number of nitrogens with one attached hydrogen (secondary N) is 1. The molecular formula is C13H17BrN2O3. The molecule has 0 spiro atoms. The van der Waals surface area contributed by atoms with Crippen LogP contribution in [0.4, 0.5) is 0 Å². The average molecular weight is 329 g/mol. The van der Waals surface area contributed by atoms with Crippen LogP contribution in [0.15, 0.2) is 22.7 Å². The van der Waals surface area contributed by atoms with Gasteiger partial charge in [-0.1, -0.05) is 15.9 Å². The van der Waals surface area contributed by atoms with Crippen molar-refractivity contribution in [3.63, 3.8) is 0 Å². The fraction of sp³-hybridized carbons (Fsp3) is 0.462. The summed E-state index contributed by atoms with van der Waals surface area (Å²) < 4.78 is 6.29. The maximum atomic E-state index is 11.3. The van der Waals surface area contributed by atoms with Crippen molar-refractivity contribution < 1.29 is 14.6 Å². The second-order valence-electron chi connectivity index (χ2n) is 4.48. The third kappa shape index (κ3) is 3.46. The van der Waals surface area contributed by atoms with E-state index in [-0.39, 0.29) is 0 Å². The Morgan fingerprint density at radius 3 is 3.11 bits per heavy atom. The van der Waals surface area contributed by atoms with Gasteiger partial charge in [0.05, 0.1) is 7.11 Å². The van der Waals surface area contributed by atoms with Crippen molar-refractivity contribution in [3.8, 4) is 5.75 Å². The molecule has 1 unspecified atom stereocenters. The van der Waals surface area contributed by atoms with E-state index in [9.17, 15) is 9.90 Å². The Labute approximate surface area is 120 Å². The first-order valence-corrected chi connectivity index (χ1v) is 6.91. The van der Waals surface area contributed by atoms with E-state index in [0.29, 0.717) is 19.6 Å². The van der Waals surface area contributed by atoms with E-state index in [1.165, 1.54) is 0 Å². The maximum Gasteiger partial charge on any atom is 0.322 e. The maximum absolute atomic E-state index is 11.3. The SMILES string of the molecule is COc1ccc(Br)cc1CN1CCNCC1C(=O)O.